The van der Waals surface area contributed by atoms with Crippen molar-refractivity contribution in [3.63, 3.8) is 0 Å². The number of hydrogen-bond donors (Lipinski definition) is 3. The van der Waals surface area contributed by atoms with E-state index in [0.717, 1.165) is 0 Å². The van der Waals surface area contributed by atoms with Crippen molar-refractivity contribution in [1.29, 1.82) is 0 Å². The van der Waals surface area contributed by atoms with Crippen LogP contribution in [-0.2, 0) is 0 Å². The number of rotatable bonds is 2. The third-order valence-electron chi connectivity index (χ3n) is 0.414. The maximum absolute atomic E-state index is 8.14. The minimum Gasteiger partial charge on any atom is -0.343 e. The summed E-state index contributed by atoms with van der Waals surface area (Å²) in [5.74, 6) is -2.44. The van der Waals surface area contributed by atoms with Gasteiger partial charge in [-0.1, -0.05) is 0 Å². The summed E-state index contributed by atoms with van der Waals surface area (Å²) in [6, 6.07) is 0. The molecule has 1 unspecified atom stereocenters. The van der Waals surface area contributed by atoms with Crippen molar-refractivity contribution in [2.45, 2.75) is 5.97 Å². The van der Waals surface area contributed by atoms with Crippen molar-refractivity contribution < 1.29 is 20.0 Å². The van der Waals surface area contributed by atoms with Gasteiger partial charge in [-0.25, -0.2) is 0 Å². The summed E-state index contributed by atoms with van der Waals surface area (Å²) in [6.45, 7) is 1.78. The van der Waals surface area contributed by atoms with Crippen LogP contribution in [0.1, 0.15) is 0 Å². The third-order valence-corrected chi connectivity index (χ3v) is 1.24. The summed E-state index contributed by atoms with van der Waals surface area (Å²) in [5.41, 5.74) is 0. The lowest BCUT2D eigenvalue weighted by Crippen LogP contribution is -2.29. The quantitative estimate of drug-likeness (QED) is 0.347. The maximum atomic E-state index is 8.14. The zero-order chi connectivity index (χ0) is 5.91. The zero-order valence-corrected chi connectivity index (χ0v) is 5.46. The lowest BCUT2D eigenvalue weighted by molar-refractivity contribution is -0.293. The Kier molecular flexibility index (Phi) is 5.76. The first-order valence-electron chi connectivity index (χ1n) is 1.88. The van der Waals surface area contributed by atoms with Crippen LogP contribution in [0.15, 0.2) is 0 Å². The van der Waals surface area contributed by atoms with Gasteiger partial charge in [0.25, 0.3) is 5.97 Å². The van der Waals surface area contributed by atoms with Gasteiger partial charge in [-0.3, -0.25) is 4.70 Å². The van der Waals surface area contributed by atoms with Gasteiger partial charge in [-0.15, -0.1) is 8.58 Å². The predicted molar refractivity (Wildman–Crippen MR) is 31.0 cm³/mol. The predicted octanol–water partition coefficient (Wildman–Crippen LogP) is -0.922. The van der Waals surface area contributed by atoms with Gasteiger partial charge in [0.1, 0.15) is 0 Å². The molecule has 0 aromatic carbocycles. The normalized spacial score (nSPS) is 12.0. The highest BCUT2D eigenvalue weighted by molar-refractivity contribution is 7.37. The molecule has 0 amide bonds. The average molecular weight is 144 g/mol. The first-order valence-corrected chi connectivity index (χ1v) is 3.59. The summed E-state index contributed by atoms with van der Waals surface area (Å²) in [5, 5.41) is 24.4. The second-order valence-electron chi connectivity index (χ2n) is 1.30. The van der Waals surface area contributed by atoms with E-state index in [9.17, 15) is 0 Å². The molecule has 0 saturated carbocycles. The summed E-state index contributed by atoms with van der Waals surface area (Å²) in [4.78, 5) is 0. The summed E-state index contributed by atoms with van der Waals surface area (Å²) in [6.07, 6.45) is 0.0347. The number of hydrogen-bond acceptors (Lipinski definition) is 3. The Hall–Kier alpha value is 0.240. The fourth-order valence-electron chi connectivity index (χ4n) is 0.237. The van der Waals surface area contributed by atoms with Gasteiger partial charge in [-0.05, 0) is 6.66 Å². The van der Waals surface area contributed by atoms with Crippen molar-refractivity contribution in [2.24, 2.45) is 0 Å². The molecule has 3 N–H and O–H groups in total. The van der Waals surface area contributed by atoms with E-state index in [1.165, 1.54) is 0 Å². The molecular weight excluding hydrogens is 134 g/mol. The summed E-state index contributed by atoms with van der Waals surface area (Å²) in [7, 11) is 0.359. The molecular formula is C3H10FO3P. The third kappa shape index (κ3) is 9.53. The Morgan fingerprint density at radius 1 is 1.38 bits per heavy atom. The van der Waals surface area contributed by atoms with Gasteiger partial charge in [0.15, 0.2) is 0 Å². The molecule has 0 aliphatic heterocycles. The summed E-state index contributed by atoms with van der Waals surface area (Å²) < 4.78 is 0. The minimum atomic E-state index is -2.44. The smallest absolute Gasteiger partial charge is 0.279 e. The van der Waals surface area contributed by atoms with Crippen LogP contribution in [0.4, 0.5) is 4.70 Å². The molecule has 0 aromatic heterocycles. The van der Waals surface area contributed by atoms with Gasteiger partial charge in [-0.2, -0.15) is 0 Å². The molecule has 3 nitrogen and oxygen atoms in total. The molecule has 5 heteroatoms. The van der Waals surface area contributed by atoms with Crippen molar-refractivity contribution in [2.75, 3.05) is 12.8 Å². The Labute approximate surface area is 48.5 Å². The monoisotopic (exact) mass is 144 g/mol. The van der Waals surface area contributed by atoms with E-state index in [1.807, 2.05) is 0 Å². The molecule has 0 aromatic rings. The van der Waals surface area contributed by atoms with Crippen LogP contribution in [-0.4, -0.2) is 34.1 Å². The van der Waals surface area contributed by atoms with E-state index in [1.54, 1.807) is 6.66 Å². The van der Waals surface area contributed by atoms with Gasteiger partial charge < -0.3 is 15.3 Å². The molecule has 0 spiro atoms. The molecule has 0 radical (unpaired) electrons. The van der Waals surface area contributed by atoms with Crippen molar-refractivity contribution >= 4 is 8.58 Å². The van der Waals surface area contributed by atoms with Gasteiger partial charge >= 0.3 is 0 Å². The van der Waals surface area contributed by atoms with Crippen molar-refractivity contribution in [3.05, 3.63) is 0 Å². The first-order chi connectivity index (χ1) is 3.06. The molecule has 0 aliphatic carbocycles. The SMILES string of the molecule is CPCC(O)(O)O.F. The van der Waals surface area contributed by atoms with E-state index in [4.69, 9.17) is 15.3 Å². The van der Waals surface area contributed by atoms with Crippen LogP contribution in [0.2, 0.25) is 0 Å². The topological polar surface area (TPSA) is 60.7 Å². The highest BCUT2D eigenvalue weighted by Gasteiger charge is 2.14. The standard InChI is InChI=1S/C3H9O3P.FH/c1-7-2-3(4,5)6;/h4-7H,2H2,1H3;1H. The first kappa shape index (κ1) is 11.1. The van der Waals surface area contributed by atoms with Crippen LogP contribution >= 0.6 is 8.58 Å². The molecule has 0 saturated heterocycles. The molecule has 0 rings (SSSR count). The summed E-state index contributed by atoms with van der Waals surface area (Å²) >= 11 is 0. The highest BCUT2D eigenvalue weighted by atomic mass is 31.1. The van der Waals surface area contributed by atoms with Crippen LogP contribution in [0.25, 0.3) is 0 Å². The number of halogens is 1. The van der Waals surface area contributed by atoms with E-state index >= 15 is 0 Å². The van der Waals surface area contributed by atoms with Crippen LogP contribution in [0.5, 0.6) is 0 Å². The zero-order valence-electron chi connectivity index (χ0n) is 4.46. The fourth-order valence-corrected chi connectivity index (χ4v) is 0.712. The Balaban J connectivity index is 0. The number of aliphatic hydroxyl groups is 3. The van der Waals surface area contributed by atoms with Crippen LogP contribution in [0, 0.1) is 0 Å². The van der Waals surface area contributed by atoms with Gasteiger partial charge in [0.05, 0.1) is 0 Å². The second kappa shape index (κ2) is 4.15. The molecule has 0 bridgehead atoms. The Morgan fingerprint density at radius 2 is 1.75 bits per heavy atom. The largest absolute Gasteiger partial charge is 0.343 e. The Bertz CT molecular complexity index is 53.0. The van der Waals surface area contributed by atoms with Crippen molar-refractivity contribution in [3.8, 4) is 0 Å². The van der Waals surface area contributed by atoms with Crippen LogP contribution < -0.4 is 0 Å². The van der Waals surface area contributed by atoms with Gasteiger partial charge in [0.2, 0.25) is 0 Å². The second-order valence-corrected chi connectivity index (χ2v) is 2.37. The lowest BCUT2D eigenvalue weighted by Gasteiger charge is -2.10. The molecule has 0 fully saturated rings. The fraction of sp³-hybridized carbons (Fsp3) is 1.00. The van der Waals surface area contributed by atoms with Crippen LogP contribution in [0.3, 0.4) is 0 Å². The average Bonchev–Trinajstić information content (AvgIpc) is 1.30. The van der Waals surface area contributed by atoms with E-state index in [2.05, 4.69) is 0 Å². The van der Waals surface area contributed by atoms with E-state index < -0.39 is 5.97 Å². The minimum absolute atomic E-state index is 0. The maximum Gasteiger partial charge on any atom is 0.279 e. The Morgan fingerprint density at radius 3 is 1.75 bits per heavy atom. The molecule has 0 heterocycles. The molecule has 52 valence electrons. The highest BCUT2D eigenvalue weighted by Crippen LogP contribution is 2.08. The molecule has 0 aliphatic rings. The van der Waals surface area contributed by atoms with E-state index in [0.29, 0.717) is 8.58 Å². The molecule has 8 heavy (non-hydrogen) atoms. The van der Waals surface area contributed by atoms with Crippen molar-refractivity contribution in [1.82, 2.24) is 0 Å². The lowest BCUT2D eigenvalue weighted by atomic mass is 10.7. The van der Waals surface area contributed by atoms with Gasteiger partial charge in [0, 0.05) is 6.16 Å². The molecule has 1 atom stereocenters. The van der Waals surface area contributed by atoms with E-state index in [-0.39, 0.29) is 10.9 Å².